The summed E-state index contributed by atoms with van der Waals surface area (Å²) in [7, 11) is 0. The van der Waals surface area contributed by atoms with E-state index >= 15 is 0 Å². The average molecular weight is 372 g/mol. The highest BCUT2D eigenvalue weighted by Crippen LogP contribution is 2.36. The topological polar surface area (TPSA) is 98.8 Å². The number of fused-ring (bicyclic) bond motifs is 1. The lowest BCUT2D eigenvalue weighted by atomic mass is 10.1. The van der Waals surface area contributed by atoms with Gasteiger partial charge in [0.25, 0.3) is 5.91 Å². The Morgan fingerprint density at radius 3 is 2.44 bits per heavy atom. The Balaban J connectivity index is 1.62. The number of likely N-dealkylation sites (tertiary alicyclic amines) is 1. The van der Waals surface area contributed by atoms with Crippen LogP contribution in [0.25, 0.3) is 0 Å². The van der Waals surface area contributed by atoms with Gasteiger partial charge in [-0.05, 0) is 32.8 Å². The number of nitrogens with one attached hydrogen (secondary N) is 2. The number of amides is 4. The Hall–Kier alpha value is -2.90. The maximum Gasteiger partial charge on any atom is 0.310 e. The number of anilines is 1. The minimum atomic E-state index is -0.928. The highest BCUT2D eigenvalue weighted by molar-refractivity contribution is 6.36. The van der Waals surface area contributed by atoms with E-state index in [0.717, 1.165) is 18.5 Å². The third kappa shape index (κ3) is 3.79. The lowest BCUT2D eigenvalue weighted by Gasteiger charge is -2.22. The van der Waals surface area contributed by atoms with Gasteiger partial charge in [0.2, 0.25) is 5.91 Å². The molecule has 0 spiro atoms. The van der Waals surface area contributed by atoms with Crippen molar-refractivity contribution in [1.82, 2.24) is 15.5 Å². The molecule has 1 saturated heterocycles. The Bertz CT molecular complexity index is 771. The zero-order valence-corrected chi connectivity index (χ0v) is 15.5. The summed E-state index contributed by atoms with van der Waals surface area (Å²) in [6, 6.07) is 6.19. The summed E-state index contributed by atoms with van der Waals surface area (Å²) in [5.41, 5.74) is 1.39. The largest absolute Gasteiger partial charge is 0.341 e. The van der Waals surface area contributed by atoms with Gasteiger partial charge in [0.05, 0.1) is 6.54 Å². The monoisotopic (exact) mass is 372 g/mol. The first-order chi connectivity index (χ1) is 12.9. The zero-order valence-electron chi connectivity index (χ0n) is 15.5. The summed E-state index contributed by atoms with van der Waals surface area (Å²) in [6.45, 7) is 4.91. The van der Waals surface area contributed by atoms with Gasteiger partial charge in [0.1, 0.15) is 6.04 Å². The fourth-order valence-corrected chi connectivity index (χ4v) is 3.53. The van der Waals surface area contributed by atoms with Crippen molar-refractivity contribution in [2.24, 2.45) is 0 Å². The van der Waals surface area contributed by atoms with Gasteiger partial charge in [0.15, 0.2) is 0 Å². The van der Waals surface area contributed by atoms with E-state index in [9.17, 15) is 19.2 Å². The number of nitrogens with zero attached hydrogens (tertiary/aromatic N) is 2. The molecule has 27 heavy (non-hydrogen) atoms. The van der Waals surface area contributed by atoms with Crippen molar-refractivity contribution < 1.29 is 19.2 Å². The molecule has 0 aromatic heterocycles. The van der Waals surface area contributed by atoms with Crippen LogP contribution >= 0.6 is 0 Å². The Morgan fingerprint density at radius 1 is 1.11 bits per heavy atom. The fraction of sp³-hybridized carbons (Fsp3) is 0.474. The van der Waals surface area contributed by atoms with Crippen LogP contribution in [0.5, 0.6) is 0 Å². The molecule has 2 aliphatic rings. The lowest BCUT2D eigenvalue weighted by molar-refractivity contribution is -0.141. The normalized spacial score (nSPS) is 18.6. The molecule has 0 unspecified atom stereocenters. The lowest BCUT2D eigenvalue weighted by Crippen LogP contribution is -2.47. The van der Waals surface area contributed by atoms with Crippen LogP contribution in [0, 0.1) is 0 Å². The molecule has 1 atom stereocenters. The molecule has 3 rings (SSSR count). The first kappa shape index (κ1) is 18.9. The molecular formula is C19H24N4O4. The van der Waals surface area contributed by atoms with Crippen LogP contribution in [0.3, 0.4) is 0 Å². The number of benzene rings is 1. The Labute approximate surface area is 157 Å². The van der Waals surface area contributed by atoms with Gasteiger partial charge in [-0.1, -0.05) is 18.2 Å². The van der Waals surface area contributed by atoms with E-state index in [2.05, 4.69) is 10.6 Å². The van der Waals surface area contributed by atoms with Crippen molar-refractivity contribution in [2.45, 2.75) is 38.8 Å². The molecular weight excluding hydrogens is 348 g/mol. The maximum absolute atomic E-state index is 12.7. The molecule has 0 aliphatic carbocycles. The predicted octanol–water partition coefficient (Wildman–Crippen LogP) is 0.338. The summed E-state index contributed by atoms with van der Waals surface area (Å²) in [6.07, 6.45) is 1.91. The second-order valence-electron chi connectivity index (χ2n) is 7.04. The number of rotatable bonds is 4. The number of hydrogen-bond acceptors (Lipinski definition) is 4. The number of hydrogen-bond donors (Lipinski definition) is 2. The molecule has 0 bridgehead atoms. The van der Waals surface area contributed by atoms with Crippen molar-refractivity contribution in [3.63, 3.8) is 0 Å². The van der Waals surface area contributed by atoms with E-state index < -0.39 is 17.9 Å². The molecule has 2 N–H and O–H groups in total. The molecule has 0 saturated carbocycles. The van der Waals surface area contributed by atoms with Crippen molar-refractivity contribution in [3.8, 4) is 0 Å². The molecule has 1 fully saturated rings. The quantitative estimate of drug-likeness (QED) is 0.745. The Morgan fingerprint density at radius 2 is 1.78 bits per heavy atom. The van der Waals surface area contributed by atoms with Crippen molar-refractivity contribution in [2.75, 3.05) is 24.5 Å². The van der Waals surface area contributed by atoms with E-state index in [4.69, 9.17) is 0 Å². The predicted molar refractivity (Wildman–Crippen MR) is 98.8 cm³/mol. The molecule has 0 radical (unpaired) electrons. The summed E-state index contributed by atoms with van der Waals surface area (Å²) < 4.78 is 0. The summed E-state index contributed by atoms with van der Waals surface area (Å²) in [5.74, 6) is -2.33. The molecule has 1 aromatic rings. The molecule has 144 valence electrons. The van der Waals surface area contributed by atoms with Gasteiger partial charge in [-0.15, -0.1) is 0 Å². The van der Waals surface area contributed by atoms with Crippen molar-refractivity contribution in [1.29, 1.82) is 0 Å². The number of carbonyl (C=O) groups is 4. The van der Waals surface area contributed by atoms with E-state index in [1.807, 2.05) is 26.0 Å². The molecule has 4 amide bonds. The van der Waals surface area contributed by atoms with Crippen LogP contribution in [-0.2, 0) is 19.2 Å². The van der Waals surface area contributed by atoms with Crippen LogP contribution in [0.15, 0.2) is 24.3 Å². The SMILES string of the molecule is CC(C)N1C(=O)[C@@H](NC(=O)C(=O)NCC(=O)N2CCCC2)c2ccccc21. The molecule has 1 aromatic carbocycles. The second kappa shape index (κ2) is 7.77. The zero-order chi connectivity index (χ0) is 19.6. The van der Waals surface area contributed by atoms with Gasteiger partial charge in [-0.25, -0.2) is 0 Å². The Kier molecular flexibility index (Phi) is 5.43. The first-order valence-corrected chi connectivity index (χ1v) is 9.18. The van der Waals surface area contributed by atoms with Gasteiger partial charge in [0, 0.05) is 30.4 Å². The van der Waals surface area contributed by atoms with E-state index in [0.29, 0.717) is 18.7 Å². The smallest absolute Gasteiger partial charge is 0.310 e. The third-order valence-electron chi connectivity index (χ3n) is 4.85. The summed E-state index contributed by atoms with van der Waals surface area (Å²) in [5, 5.41) is 4.83. The van der Waals surface area contributed by atoms with E-state index in [-0.39, 0.29) is 24.4 Å². The van der Waals surface area contributed by atoms with E-state index in [1.165, 1.54) is 0 Å². The molecule has 2 aliphatic heterocycles. The van der Waals surface area contributed by atoms with Gasteiger partial charge in [-0.2, -0.15) is 0 Å². The van der Waals surface area contributed by atoms with E-state index in [1.54, 1.807) is 21.9 Å². The van der Waals surface area contributed by atoms with Crippen LogP contribution < -0.4 is 15.5 Å². The maximum atomic E-state index is 12.7. The molecule has 8 heteroatoms. The van der Waals surface area contributed by atoms with Gasteiger partial charge >= 0.3 is 11.8 Å². The first-order valence-electron chi connectivity index (χ1n) is 9.18. The van der Waals surface area contributed by atoms with Crippen LogP contribution in [0.1, 0.15) is 38.3 Å². The minimum Gasteiger partial charge on any atom is -0.341 e. The molecule has 2 heterocycles. The highest BCUT2D eigenvalue weighted by Gasteiger charge is 2.40. The van der Waals surface area contributed by atoms with Crippen LogP contribution in [0.4, 0.5) is 5.69 Å². The second-order valence-corrected chi connectivity index (χ2v) is 7.04. The minimum absolute atomic E-state index is 0.0764. The highest BCUT2D eigenvalue weighted by atomic mass is 16.2. The third-order valence-corrected chi connectivity index (χ3v) is 4.85. The van der Waals surface area contributed by atoms with Crippen molar-refractivity contribution in [3.05, 3.63) is 29.8 Å². The number of carbonyl (C=O) groups excluding carboxylic acids is 4. The average Bonchev–Trinajstić information content (AvgIpc) is 3.26. The van der Waals surface area contributed by atoms with Crippen LogP contribution in [-0.4, -0.2) is 54.2 Å². The van der Waals surface area contributed by atoms with Crippen LogP contribution in [0.2, 0.25) is 0 Å². The van der Waals surface area contributed by atoms with Crippen molar-refractivity contribution >= 4 is 29.3 Å². The number of para-hydroxylation sites is 1. The fourth-order valence-electron chi connectivity index (χ4n) is 3.53. The molecule has 8 nitrogen and oxygen atoms in total. The standard InChI is InChI=1S/C19H24N4O4/c1-12(2)23-14-8-4-3-7-13(14)16(19(23)27)21-18(26)17(25)20-11-15(24)22-9-5-6-10-22/h3-4,7-8,12,16H,5-6,9-11H2,1-2H3,(H,20,25)(H,21,26)/t16-/m0/s1. The van der Waals surface area contributed by atoms with Gasteiger partial charge < -0.3 is 20.4 Å². The van der Waals surface area contributed by atoms with Gasteiger partial charge in [-0.3, -0.25) is 19.2 Å². The summed E-state index contributed by atoms with van der Waals surface area (Å²) >= 11 is 0. The summed E-state index contributed by atoms with van der Waals surface area (Å²) in [4.78, 5) is 52.3.